The lowest BCUT2D eigenvalue weighted by Gasteiger charge is -2.38. The Bertz CT molecular complexity index is 240. The molecule has 2 atom stereocenters. The van der Waals surface area contributed by atoms with Crippen LogP contribution in [0.2, 0.25) is 0 Å². The van der Waals surface area contributed by atoms with Crippen LogP contribution in [0.3, 0.4) is 0 Å². The molecule has 1 aliphatic heterocycles. The number of piperidine rings is 1. The van der Waals surface area contributed by atoms with Crippen molar-refractivity contribution in [3.05, 3.63) is 0 Å². The third-order valence-electron chi connectivity index (χ3n) is 3.02. The van der Waals surface area contributed by atoms with E-state index in [4.69, 9.17) is 5.11 Å². The molecule has 1 rings (SSSR count). The van der Waals surface area contributed by atoms with Crippen molar-refractivity contribution < 1.29 is 14.7 Å². The molecule has 0 radical (unpaired) electrons. The van der Waals surface area contributed by atoms with Crippen LogP contribution in [0.4, 0.5) is 0 Å². The second-order valence-electron chi connectivity index (χ2n) is 3.88. The van der Waals surface area contributed by atoms with E-state index >= 15 is 0 Å². The fourth-order valence-corrected chi connectivity index (χ4v) is 2.25. The summed E-state index contributed by atoms with van der Waals surface area (Å²) in [5.41, 5.74) is 0. The second kappa shape index (κ2) is 4.44. The molecular weight excluding hydrogens is 182 g/mol. The number of nitrogens with zero attached hydrogens (tertiary/aromatic N) is 1. The molecule has 4 heteroatoms. The molecule has 0 spiro atoms. The van der Waals surface area contributed by atoms with E-state index in [0.29, 0.717) is 12.8 Å². The van der Waals surface area contributed by atoms with Crippen LogP contribution in [0.1, 0.15) is 32.6 Å². The molecule has 0 unspecified atom stereocenters. The Morgan fingerprint density at radius 2 is 2.29 bits per heavy atom. The number of rotatable bonds is 3. The van der Waals surface area contributed by atoms with E-state index in [1.807, 2.05) is 6.92 Å². The fourth-order valence-electron chi connectivity index (χ4n) is 2.25. The zero-order chi connectivity index (χ0) is 10.7. The fraction of sp³-hybridized carbons (Fsp3) is 0.800. The first kappa shape index (κ1) is 11.0. The Balaban J connectivity index is 2.66. The Labute approximate surface area is 83.9 Å². The molecular formula is C10H17NO3. The lowest BCUT2D eigenvalue weighted by Crippen LogP contribution is -2.46. The molecule has 0 aromatic rings. The van der Waals surface area contributed by atoms with Crippen LogP contribution in [-0.2, 0) is 9.59 Å². The Hall–Kier alpha value is -1.06. The number of carboxylic acids is 1. The normalized spacial score (nSPS) is 27.9. The summed E-state index contributed by atoms with van der Waals surface area (Å²) in [5.74, 6) is -0.505. The highest BCUT2D eigenvalue weighted by Gasteiger charge is 2.33. The average molecular weight is 199 g/mol. The van der Waals surface area contributed by atoms with Gasteiger partial charge in [-0.2, -0.15) is 0 Å². The van der Waals surface area contributed by atoms with Gasteiger partial charge in [0.25, 0.3) is 0 Å². The SMILES string of the molecule is CC[C@@H]1[C@@H](CC(=O)O)CCC(=O)N1C. The van der Waals surface area contributed by atoms with Crippen molar-refractivity contribution in [2.75, 3.05) is 7.05 Å². The monoisotopic (exact) mass is 199 g/mol. The quantitative estimate of drug-likeness (QED) is 0.740. The van der Waals surface area contributed by atoms with Crippen molar-refractivity contribution in [2.24, 2.45) is 5.92 Å². The maximum atomic E-state index is 11.4. The van der Waals surface area contributed by atoms with Crippen molar-refractivity contribution in [3.63, 3.8) is 0 Å². The first-order valence-corrected chi connectivity index (χ1v) is 5.03. The van der Waals surface area contributed by atoms with Gasteiger partial charge >= 0.3 is 5.97 Å². The van der Waals surface area contributed by atoms with Gasteiger partial charge in [0.2, 0.25) is 5.91 Å². The van der Waals surface area contributed by atoms with Crippen molar-refractivity contribution in [3.8, 4) is 0 Å². The van der Waals surface area contributed by atoms with Crippen molar-refractivity contribution in [1.82, 2.24) is 4.90 Å². The summed E-state index contributed by atoms with van der Waals surface area (Å²) in [6.45, 7) is 1.99. The van der Waals surface area contributed by atoms with E-state index in [1.54, 1.807) is 11.9 Å². The molecule has 1 aliphatic rings. The van der Waals surface area contributed by atoms with Gasteiger partial charge in [0, 0.05) is 19.5 Å². The minimum Gasteiger partial charge on any atom is -0.481 e. The number of carboxylic acid groups (broad SMARTS) is 1. The summed E-state index contributed by atoms with van der Waals surface area (Å²) < 4.78 is 0. The Kier molecular flexibility index (Phi) is 3.49. The van der Waals surface area contributed by atoms with E-state index in [9.17, 15) is 9.59 Å². The number of carbonyl (C=O) groups excluding carboxylic acids is 1. The predicted molar refractivity (Wildman–Crippen MR) is 51.8 cm³/mol. The molecule has 0 aromatic heterocycles. The summed E-state index contributed by atoms with van der Waals surface area (Å²) in [6, 6.07) is 0.104. The highest BCUT2D eigenvalue weighted by atomic mass is 16.4. The van der Waals surface area contributed by atoms with Crippen LogP contribution < -0.4 is 0 Å². The van der Waals surface area contributed by atoms with Crippen LogP contribution >= 0.6 is 0 Å². The zero-order valence-corrected chi connectivity index (χ0v) is 8.69. The summed E-state index contributed by atoms with van der Waals surface area (Å²) in [4.78, 5) is 23.7. The van der Waals surface area contributed by atoms with Crippen molar-refractivity contribution in [2.45, 2.75) is 38.6 Å². The van der Waals surface area contributed by atoms with Crippen LogP contribution in [0.5, 0.6) is 0 Å². The summed E-state index contributed by atoms with van der Waals surface area (Å²) >= 11 is 0. The molecule has 80 valence electrons. The molecule has 0 aromatic carbocycles. The highest BCUT2D eigenvalue weighted by Crippen LogP contribution is 2.27. The highest BCUT2D eigenvalue weighted by molar-refractivity contribution is 5.77. The van der Waals surface area contributed by atoms with Crippen LogP contribution in [-0.4, -0.2) is 35.0 Å². The van der Waals surface area contributed by atoms with Crippen LogP contribution in [0.25, 0.3) is 0 Å². The third kappa shape index (κ3) is 2.25. The molecule has 1 saturated heterocycles. The topological polar surface area (TPSA) is 57.6 Å². The van der Waals surface area contributed by atoms with Gasteiger partial charge in [-0.1, -0.05) is 6.92 Å². The number of carbonyl (C=O) groups is 2. The zero-order valence-electron chi connectivity index (χ0n) is 8.69. The Morgan fingerprint density at radius 3 is 2.79 bits per heavy atom. The molecule has 1 heterocycles. The van der Waals surface area contributed by atoms with Gasteiger partial charge in [0.05, 0.1) is 6.42 Å². The predicted octanol–water partition coefficient (Wildman–Crippen LogP) is 1.11. The number of aliphatic carboxylic acids is 1. The number of hydrogen-bond acceptors (Lipinski definition) is 2. The van der Waals surface area contributed by atoms with E-state index in [1.165, 1.54) is 0 Å². The van der Waals surface area contributed by atoms with Gasteiger partial charge in [0.1, 0.15) is 0 Å². The largest absolute Gasteiger partial charge is 0.481 e. The molecule has 0 saturated carbocycles. The third-order valence-corrected chi connectivity index (χ3v) is 3.02. The Morgan fingerprint density at radius 1 is 1.64 bits per heavy atom. The first-order valence-electron chi connectivity index (χ1n) is 5.03. The van der Waals surface area contributed by atoms with Crippen LogP contribution in [0.15, 0.2) is 0 Å². The molecule has 1 N–H and O–H groups in total. The minimum atomic E-state index is -0.767. The molecule has 0 bridgehead atoms. The molecule has 1 fully saturated rings. The van der Waals surface area contributed by atoms with Gasteiger partial charge in [0.15, 0.2) is 0 Å². The van der Waals surface area contributed by atoms with Gasteiger partial charge in [-0.3, -0.25) is 9.59 Å². The number of hydrogen-bond donors (Lipinski definition) is 1. The lowest BCUT2D eigenvalue weighted by molar-refractivity contribution is -0.144. The summed E-state index contributed by atoms with van der Waals surface area (Å²) in [7, 11) is 1.77. The van der Waals surface area contributed by atoms with E-state index in [-0.39, 0.29) is 24.3 Å². The molecule has 1 amide bonds. The molecule has 14 heavy (non-hydrogen) atoms. The maximum absolute atomic E-state index is 11.4. The summed E-state index contributed by atoms with van der Waals surface area (Å²) in [6.07, 6.45) is 2.22. The van der Waals surface area contributed by atoms with Crippen molar-refractivity contribution in [1.29, 1.82) is 0 Å². The van der Waals surface area contributed by atoms with E-state index < -0.39 is 5.97 Å². The van der Waals surface area contributed by atoms with Crippen LogP contribution in [0, 0.1) is 5.92 Å². The second-order valence-corrected chi connectivity index (χ2v) is 3.88. The number of amides is 1. The molecule has 0 aliphatic carbocycles. The molecule has 4 nitrogen and oxygen atoms in total. The first-order chi connectivity index (χ1) is 6.56. The number of likely N-dealkylation sites (tertiary alicyclic amines) is 1. The van der Waals surface area contributed by atoms with E-state index in [2.05, 4.69) is 0 Å². The van der Waals surface area contributed by atoms with Gasteiger partial charge < -0.3 is 10.0 Å². The smallest absolute Gasteiger partial charge is 0.303 e. The lowest BCUT2D eigenvalue weighted by atomic mass is 9.85. The van der Waals surface area contributed by atoms with Crippen molar-refractivity contribution >= 4 is 11.9 Å². The standard InChI is InChI=1S/C10H17NO3/c1-3-8-7(6-10(13)14)4-5-9(12)11(8)2/h7-8H,3-6H2,1-2H3,(H,13,14)/t7-,8-/m1/s1. The summed E-state index contributed by atoms with van der Waals surface area (Å²) in [5, 5.41) is 8.73. The van der Waals surface area contributed by atoms with Gasteiger partial charge in [-0.05, 0) is 18.8 Å². The maximum Gasteiger partial charge on any atom is 0.303 e. The average Bonchev–Trinajstić information content (AvgIpc) is 2.11. The van der Waals surface area contributed by atoms with E-state index in [0.717, 1.165) is 6.42 Å². The minimum absolute atomic E-state index is 0.104. The van der Waals surface area contributed by atoms with Gasteiger partial charge in [-0.25, -0.2) is 0 Å². The van der Waals surface area contributed by atoms with Gasteiger partial charge in [-0.15, -0.1) is 0 Å².